The van der Waals surface area contributed by atoms with Crippen LogP contribution in [0.5, 0.6) is 5.75 Å². The highest BCUT2D eigenvalue weighted by Crippen LogP contribution is 2.41. The van der Waals surface area contributed by atoms with Gasteiger partial charge in [-0.15, -0.1) is 5.10 Å². The summed E-state index contributed by atoms with van der Waals surface area (Å²) < 4.78 is 46.7. The number of piperidine rings is 1. The van der Waals surface area contributed by atoms with Crippen LogP contribution in [0.25, 0.3) is 0 Å². The van der Waals surface area contributed by atoms with Crippen LogP contribution in [-0.4, -0.2) is 52.5 Å². The zero-order valence-corrected chi connectivity index (χ0v) is 19.9. The van der Waals surface area contributed by atoms with Crippen LogP contribution < -0.4 is 19.9 Å². The number of nitrogens with one attached hydrogen (secondary N) is 1. The van der Waals surface area contributed by atoms with Crippen molar-refractivity contribution in [2.24, 2.45) is 11.8 Å². The van der Waals surface area contributed by atoms with E-state index in [9.17, 15) is 13.2 Å². The first kappa shape index (κ1) is 22.9. The Balaban J connectivity index is 1.18. The molecular formula is C25H28F3N7O. The van der Waals surface area contributed by atoms with Gasteiger partial charge < -0.3 is 19.9 Å². The number of aromatic nitrogens is 4. The van der Waals surface area contributed by atoms with E-state index in [-0.39, 0.29) is 6.04 Å². The highest BCUT2D eigenvalue weighted by molar-refractivity contribution is 5.60. The van der Waals surface area contributed by atoms with Crippen LogP contribution in [0, 0.1) is 11.8 Å². The van der Waals surface area contributed by atoms with Crippen molar-refractivity contribution in [3.05, 3.63) is 48.3 Å². The Morgan fingerprint density at radius 2 is 1.75 bits per heavy atom. The first-order chi connectivity index (χ1) is 17.4. The molecule has 3 atom stereocenters. The predicted molar refractivity (Wildman–Crippen MR) is 130 cm³/mol. The highest BCUT2D eigenvalue weighted by atomic mass is 19.4. The number of fused-ring (bicyclic) bond motifs is 3. The zero-order chi connectivity index (χ0) is 24.9. The van der Waals surface area contributed by atoms with Crippen molar-refractivity contribution in [3.8, 4) is 5.75 Å². The fourth-order valence-corrected chi connectivity index (χ4v) is 5.82. The van der Waals surface area contributed by atoms with Crippen molar-refractivity contribution in [1.29, 1.82) is 0 Å². The number of rotatable bonds is 5. The molecule has 6 rings (SSSR count). The SMILES string of the molecule is COc1ccc(N2CCCn3nc(NC4[C@@H]5CC[C@H]4CN(c4ccnc(C(F)(F)F)c4)C5)nc32)cc1. The Labute approximate surface area is 207 Å². The lowest BCUT2D eigenvalue weighted by atomic mass is 9.92. The van der Waals surface area contributed by atoms with Crippen LogP contribution in [0.15, 0.2) is 42.6 Å². The van der Waals surface area contributed by atoms with Gasteiger partial charge in [-0.25, -0.2) is 4.68 Å². The van der Waals surface area contributed by atoms with Crippen molar-refractivity contribution >= 4 is 23.3 Å². The van der Waals surface area contributed by atoms with E-state index in [2.05, 4.69) is 20.1 Å². The van der Waals surface area contributed by atoms with Crippen LogP contribution in [0.1, 0.15) is 25.0 Å². The molecule has 36 heavy (non-hydrogen) atoms. The zero-order valence-electron chi connectivity index (χ0n) is 19.9. The average Bonchev–Trinajstić information content (AvgIpc) is 3.39. The van der Waals surface area contributed by atoms with Gasteiger partial charge in [-0.2, -0.15) is 18.2 Å². The number of hydrogen-bond donors (Lipinski definition) is 1. The molecule has 2 aromatic heterocycles. The van der Waals surface area contributed by atoms with Crippen LogP contribution in [-0.2, 0) is 12.7 Å². The molecule has 3 aliphatic rings. The molecule has 2 bridgehead atoms. The van der Waals surface area contributed by atoms with Crippen molar-refractivity contribution in [2.45, 2.75) is 38.0 Å². The summed E-state index contributed by atoms with van der Waals surface area (Å²) in [6.45, 7) is 3.06. The van der Waals surface area contributed by atoms with E-state index in [4.69, 9.17) is 14.8 Å². The van der Waals surface area contributed by atoms with Crippen LogP contribution in [0.4, 0.5) is 36.4 Å². The maximum atomic E-state index is 13.2. The minimum atomic E-state index is -4.44. The number of anilines is 4. The number of pyridine rings is 1. The largest absolute Gasteiger partial charge is 0.497 e. The molecule has 1 saturated carbocycles. The third-order valence-corrected chi connectivity index (χ3v) is 7.56. The molecule has 1 aromatic carbocycles. The number of alkyl halides is 3. The molecule has 0 spiro atoms. The van der Waals surface area contributed by atoms with Gasteiger partial charge in [0.05, 0.1) is 7.11 Å². The van der Waals surface area contributed by atoms with Crippen LogP contribution >= 0.6 is 0 Å². The van der Waals surface area contributed by atoms with E-state index < -0.39 is 11.9 Å². The molecule has 0 amide bonds. The second-order valence-electron chi connectivity index (χ2n) is 9.73. The Hall–Kier alpha value is -3.50. The van der Waals surface area contributed by atoms with Gasteiger partial charge in [-0.05, 0) is 67.5 Å². The molecule has 2 fully saturated rings. The standard InChI is InChI=1S/C25H28F3N7O/c1-36-20-7-5-18(6-8-20)34-11-2-12-35-24(34)31-23(32-35)30-22-16-3-4-17(22)15-33(14-16)19-9-10-29-21(13-19)25(26,27)28/h5-10,13,16-17,22H,2-4,11-12,14-15H2,1H3,(H,30,32)/t16-,17+,22?. The van der Waals surface area contributed by atoms with E-state index in [1.54, 1.807) is 13.2 Å². The van der Waals surface area contributed by atoms with Crippen molar-refractivity contribution in [1.82, 2.24) is 19.7 Å². The van der Waals surface area contributed by atoms with Gasteiger partial charge in [0.15, 0.2) is 0 Å². The summed E-state index contributed by atoms with van der Waals surface area (Å²) in [5.41, 5.74) is 0.778. The minimum Gasteiger partial charge on any atom is -0.497 e. The molecular weight excluding hydrogens is 471 g/mol. The number of methoxy groups -OCH3 is 1. The highest BCUT2D eigenvalue weighted by Gasteiger charge is 2.43. The topological polar surface area (TPSA) is 71.3 Å². The Morgan fingerprint density at radius 3 is 2.44 bits per heavy atom. The predicted octanol–water partition coefficient (Wildman–Crippen LogP) is 4.57. The van der Waals surface area contributed by atoms with Gasteiger partial charge in [-0.1, -0.05) is 0 Å². The molecule has 1 unspecified atom stereocenters. The van der Waals surface area contributed by atoms with Crippen molar-refractivity contribution in [2.75, 3.05) is 41.9 Å². The summed E-state index contributed by atoms with van der Waals surface area (Å²) in [5, 5.41) is 8.34. The smallest absolute Gasteiger partial charge is 0.433 e. The fraction of sp³-hybridized carbons (Fsp3) is 0.480. The number of aryl methyl sites for hydroxylation is 1. The van der Waals surface area contributed by atoms with Gasteiger partial charge in [-0.3, -0.25) is 4.98 Å². The molecule has 4 heterocycles. The maximum Gasteiger partial charge on any atom is 0.433 e. The summed E-state index contributed by atoms with van der Waals surface area (Å²) in [7, 11) is 1.65. The Bertz CT molecular complexity index is 1220. The maximum absolute atomic E-state index is 13.2. The molecule has 1 saturated heterocycles. The van der Waals surface area contributed by atoms with Crippen LogP contribution in [0.2, 0.25) is 0 Å². The second-order valence-corrected chi connectivity index (χ2v) is 9.73. The molecule has 1 aliphatic carbocycles. The second kappa shape index (κ2) is 8.86. The van der Waals surface area contributed by atoms with Gasteiger partial charge in [0, 0.05) is 49.8 Å². The summed E-state index contributed by atoms with van der Waals surface area (Å²) in [6.07, 6.45) is -0.167. The number of halogens is 3. The first-order valence-corrected chi connectivity index (χ1v) is 12.3. The Kier molecular flexibility index (Phi) is 5.65. The molecule has 8 nitrogen and oxygen atoms in total. The lowest BCUT2D eigenvalue weighted by Gasteiger charge is -2.39. The first-order valence-electron chi connectivity index (χ1n) is 12.3. The molecule has 2 aliphatic heterocycles. The molecule has 3 aromatic rings. The minimum absolute atomic E-state index is 0.198. The normalized spacial score (nSPS) is 23.5. The van der Waals surface area contributed by atoms with Gasteiger partial charge in [0.25, 0.3) is 0 Å². The fourth-order valence-electron chi connectivity index (χ4n) is 5.82. The van der Waals surface area contributed by atoms with E-state index in [1.807, 2.05) is 28.9 Å². The third-order valence-electron chi connectivity index (χ3n) is 7.56. The van der Waals surface area contributed by atoms with Gasteiger partial charge in [0.2, 0.25) is 11.9 Å². The van der Waals surface area contributed by atoms with Crippen molar-refractivity contribution < 1.29 is 17.9 Å². The number of nitrogens with zero attached hydrogens (tertiary/aromatic N) is 6. The summed E-state index contributed by atoms with van der Waals surface area (Å²) in [6, 6.07) is 11.0. The van der Waals surface area contributed by atoms with Gasteiger partial charge in [0.1, 0.15) is 11.4 Å². The molecule has 11 heteroatoms. The third kappa shape index (κ3) is 4.20. The molecule has 0 radical (unpaired) electrons. The number of benzene rings is 1. The summed E-state index contributed by atoms with van der Waals surface area (Å²) in [5.74, 6) is 2.86. The molecule has 1 N–H and O–H groups in total. The van der Waals surface area contributed by atoms with E-state index >= 15 is 0 Å². The van der Waals surface area contributed by atoms with E-state index in [0.29, 0.717) is 36.6 Å². The van der Waals surface area contributed by atoms with Crippen LogP contribution in [0.3, 0.4) is 0 Å². The monoisotopic (exact) mass is 499 g/mol. The number of hydrogen-bond acceptors (Lipinski definition) is 7. The Morgan fingerprint density at radius 1 is 1.00 bits per heavy atom. The van der Waals surface area contributed by atoms with E-state index in [1.165, 1.54) is 6.20 Å². The number of ether oxygens (including phenoxy) is 1. The quantitative estimate of drug-likeness (QED) is 0.552. The van der Waals surface area contributed by atoms with E-state index in [0.717, 1.165) is 55.8 Å². The van der Waals surface area contributed by atoms with Gasteiger partial charge >= 0.3 is 6.18 Å². The van der Waals surface area contributed by atoms with Crippen molar-refractivity contribution in [3.63, 3.8) is 0 Å². The lowest BCUT2D eigenvalue weighted by Crippen LogP contribution is -2.48. The summed E-state index contributed by atoms with van der Waals surface area (Å²) >= 11 is 0. The molecule has 190 valence electrons. The lowest BCUT2D eigenvalue weighted by molar-refractivity contribution is -0.141. The average molecular weight is 500 g/mol. The summed E-state index contributed by atoms with van der Waals surface area (Å²) in [4.78, 5) is 12.6.